The fraction of sp³-hybridized carbons (Fsp3) is 1.00. The van der Waals surface area contributed by atoms with Crippen molar-refractivity contribution in [3.05, 3.63) is 0 Å². The van der Waals surface area contributed by atoms with Crippen LogP contribution in [0, 0.1) is 17.8 Å². The highest BCUT2D eigenvalue weighted by molar-refractivity contribution is 4.82. The standard InChI is InChI=1S/C15H31NO2/c1-12(2)13-6-7-15(17)14(10-13)11-16(3)8-5-9-18-4/h12-15,17H,5-11H2,1-4H3. The van der Waals surface area contributed by atoms with Gasteiger partial charge in [-0.25, -0.2) is 0 Å². The van der Waals surface area contributed by atoms with Crippen LogP contribution in [0.2, 0.25) is 0 Å². The van der Waals surface area contributed by atoms with E-state index in [1.807, 2.05) is 0 Å². The minimum Gasteiger partial charge on any atom is -0.393 e. The molecule has 1 saturated carbocycles. The van der Waals surface area contributed by atoms with Crippen LogP contribution in [0.4, 0.5) is 0 Å². The normalized spacial score (nSPS) is 29.2. The van der Waals surface area contributed by atoms with E-state index in [1.165, 1.54) is 12.8 Å². The minimum absolute atomic E-state index is 0.0927. The van der Waals surface area contributed by atoms with Gasteiger partial charge in [-0.3, -0.25) is 0 Å². The van der Waals surface area contributed by atoms with Gasteiger partial charge in [0.05, 0.1) is 6.10 Å². The summed E-state index contributed by atoms with van der Waals surface area (Å²) < 4.78 is 5.08. The first-order chi connectivity index (χ1) is 8.54. The summed E-state index contributed by atoms with van der Waals surface area (Å²) in [5.74, 6) is 2.00. The van der Waals surface area contributed by atoms with Gasteiger partial charge in [-0.2, -0.15) is 0 Å². The van der Waals surface area contributed by atoms with Gasteiger partial charge in [-0.05, 0) is 50.5 Å². The van der Waals surface area contributed by atoms with E-state index < -0.39 is 0 Å². The summed E-state index contributed by atoms with van der Waals surface area (Å²) in [5, 5.41) is 10.1. The number of rotatable bonds is 7. The number of aliphatic hydroxyl groups excluding tert-OH is 1. The highest BCUT2D eigenvalue weighted by atomic mass is 16.5. The van der Waals surface area contributed by atoms with E-state index >= 15 is 0 Å². The van der Waals surface area contributed by atoms with Gasteiger partial charge in [0.25, 0.3) is 0 Å². The fourth-order valence-electron chi connectivity index (χ4n) is 3.06. The van der Waals surface area contributed by atoms with Crippen molar-refractivity contribution in [1.29, 1.82) is 0 Å². The Labute approximate surface area is 113 Å². The highest BCUT2D eigenvalue weighted by Crippen LogP contribution is 2.34. The third kappa shape index (κ3) is 5.25. The first-order valence-corrected chi connectivity index (χ1v) is 7.40. The molecule has 108 valence electrons. The molecule has 0 aromatic rings. The second-order valence-electron chi connectivity index (χ2n) is 6.25. The Morgan fingerprint density at radius 3 is 2.67 bits per heavy atom. The molecule has 1 N–H and O–H groups in total. The molecule has 3 heteroatoms. The highest BCUT2D eigenvalue weighted by Gasteiger charge is 2.30. The number of aliphatic hydroxyl groups is 1. The van der Waals surface area contributed by atoms with Crippen LogP contribution in [0.3, 0.4) is 0 Å². The minimum atomic E-state index is -0.0927. The predicted octanol–water partition coefficient (Wildman–Crippen LogP) is 2.39. The van der Waals surface area contributed by atoms with E-state index in [4.69, 9.17) is 4.74 Å². The maximum Gasteiger partial charge on any atom is 0.0580 e. The van der Waals surface area contributed by atoms with Crippen molar-refractivity contribution in [1.82, 2.24) is 4.90 Å². The Kier molecular flexibility index (Phi) is 7.20. The molecule has 3 unspecified atom stereocenters. The van der Waals surface area contributed by atoms with Crippen molar-refractivity contribution < 1.29 is 9.84 Å². The lowest BCUT2D eigenvalue weighted by molar-refractivity contribution is 0.0215. The first kappa shape index (κ1) is 15.9. The average Bonchev–Trinajstić information content (AvgIpc) is 2.32. The molecule has 1 aliphatic rings. The molecule has 0 bridgehead atoms. The van der Waals surface area contributed by atoms with Crippen LogP contribution < -0.4 is 0 Å². The van der Waals surface area contributed by atoms with Gasteiger partial charge >= 0.3 is 0 Å². The second-order valence-corrected chi connectivity index (χ2v) is 6.25. The van der Waals surface area contributed by atoms with Crippen molar-refractivity contribution in [3.63, 3.8) is 0 Å². The first-order valence-electron chi connectivity index (χ1n) is 7.40. The third-order valence-corrected chi connectivity index (χ3v) is 4.36. The molecular formula is C15H31NO2. The van der Waals surface area contributed by atoms with Crippen LogP contribution in [0.15, 0.2) is 0 Å². The van der Waals surface area contributed by atoms with E-state index in [2.05, 4.69) is 25.8 Å². The molecule has 0 spiro atoms. The Bertz CT molecular complexity index is 221. The average molecular weight is 257 g/mol. The van der Waals surface area contributed by atoms with Crippen LogP contribution in [-0.2, 0) is 4.74 Å². The van der Waals surface area contributed by atoms with Gasteiger partial charge in [0, 0.05) is 26.8 Å². The SMILES string of the molecule is COCCCN(C)CC1CC(C(C)C)CCC1O. The molecule has 18 heavy (non-hydrogen) atoms. The maximum absolute atomic E-state index is 10.1. The van der Waals surface area contributed by atoms with Gasteiger partial charge in [-0.1, -0.05) is 13.8 Å². The summed E-state index contributed by atoms with van der Waals surface area (Å²) in [7, 11) is 3.90. The molecule has 3 nitrogen and oxygen atoms in total. The number of nitrogens with zero attached hydrogens (tertiary/aromatic N) is 1. The summed E-state index contributed by atoms with van der Waals surface area (Å²) in [6, 6.07) is 0. The molecule has 0 radical (unpaired) electrons. The van der Waals surface area contributed by atoms with Crippen molar-refractivity contribution in [2.24, 2.45) is 17.8 Å². The summed E-state index contributed by atoms with van der Waals surface area (Å²) in [4.78, 5) is 2.34. The van der Waals surface area contributed by atoms with Gasteiger partial charge in [0.2, 0.25) is 0 Å². The summed E-state index contributed by atoms with van der Waals surface area (Å²) in [6.07, 6.45) is 4.35. The smallest absolute Gasteiger partial charge is 0.0580 e. The van der Waals surface area contributed by atoms with Crippen LogP contribution in [0.5, 0.6) is 0 Å². The van der Waals surface area contributed by atoms with Crippen LogP contribution in [0.25, 0.3) is 0 Å². The summed E-state index contributed by atoms with van der Waals surface area (Å²) in [5.41, 5.74) is 0. The van der Waals surface area contributed by atoms with E-state index in [1.54, 1.807) is 7.11 Å². The van der Waals surface area contributed by atoms with Crippen LogP contribution in [0.1, 0.15) is 39.5 Å². The Morgan fingerprint density at radius 2 is 2.06 bits per heavy atom. The molecule has 0 amide bonds. The van der Waals surface area contributed by atoms with Crippen molar-refractivity contribution in [2.45, 2.75) is 45.6 Å². The Hall–Kier alpha value is -0.120. The molecule has 0 heterocycles. The number of hydrogen-bond acceptors (Lipinski definition) is 3. The zero-order valence-corrected chi connectivity index (χ0v) is 12.6. The van der Waals surface area contributed by atoms with Gasteiger partial charge in [0.15, 0.2) is 0 Å². The Balaban J connectivity index is 2.33. The van der Waals surface area contributed by atoms with Gasteiger partial charge in [-0.15, -0.1) is 0 Å². The molecule has 0 saturated heterocycles. The fourth-order valence-corrected chi connectivity index (χ4v) is 3.06. The number of methoxy groups -OCH3 is 1. The predicted molar refractivity (Wildman–Crippen MR) is 75.7 cm³/mol. The lowest BCUT2D eigenvalue weighted by Crippen LogP contribution is -2.38. The van der Waals surface area contributed by atoms with Gasteiger partial charge in [0.1, 0.15) is 0 Å². The summed E-state index contributed by atoms with van der Waals surface area (Å²) in [6.45, 7) is 7.52. The van der Waals surface area contributed by atoms with E-state index in [9.17, 15) is 5.11 Å². The lowest BCUT2D eigenvalue weighted by Gasteiger charge is -2.37. The largest absolute Gasteiger partial charge is 0.393 e. The molecule has 0 aliphatic heterocycles. The van der Waals surface area contributed by atoms with Crippen molar-refractivity contribution in [2.75, 3.05) is 33.9 Å². The molecular weight excluding hydrogens is 226 g/mol. The monoisotopic (exact) mass is 257 g/mol. The molecule has 3 atom stereocenters. The molecule has 0 aromatic heterocycles. The van der Waals surface area contributed by atoms with Crippen LogP contribution >= 0.6 is 0 Å². The summed E-state index contributed by atoms with van der Waals surface area (Å²) >= 11 is 0. The topological polar surface area (TPSA) is 32.7 Å². The van der Waals surface area contributed by atoms with Crippen molar-refractivity contribution in [3.8, 4) is 0 Å². The molecule has 0 aromatic carbocycles. The van der Waals surface area contributed by atoms with Crippen LogP contribution in [-0.4, -0.2) is 50.0 Å². The molecule has 1 fully saturated rings. The second kappa shape index (κ2) is 8.13. The lowest BCUT2D eigenvalue weighted by atomic mass is 9.74. The third-order valence-electron chi connectivity index (χ3n) is 4.36. The Morgan fingerprint density at radius 1 is 1.33 bits per heavy atom. The molecule has 1 aliphatic carbocycles. The van der Waals surface area contributed by atoms with Crippen molar-refractivity contribution >= 4 is 0 Å². The zero-order valence-electron chi connectivity index (χ0n) is 12.6. The maximum atomic E-state index is 10.1. The van der Waals surface area contributed by atoms with E-state index in [0.717, 1.165) is 44.4 Å². The van der Waals surface area contributed by atoms with E-state index in [-0.39, 0.29) is 6.10 Å². The van der Waals surface area contributed by atoms with E-state index in [0.29, 0.717) is 5.92 Å². The number of ether oxygens (including phenoxy) is 1. The molecule has 1 rings (SSSR count). The number of hydrogen-bond donors (Lipinski definition) is 1. The zero-order chi connectivity index (χ0) is 13.5. The quantitative estimate of drug-likeness (QED) is 0.711. The van der Waals surface area contributed by atoms with Gasteiger partial charge < -0.3 is 14.7 Å².